The number of nitrogens with zero attached hydrogens (tertiary/aromatic N) is 1. The maximum absolute atomic E-state index is 5.35. The Balaban J connectivity index is 1.98. The zero-order chi connectivity index (χ0) is 16.1. The Morgan fingerprint density at radius 2 is 1.96 bits per heavy atom. The average molecular weight is 304 g/mol. The van der Waals surface area contributed by atoms with Gasteiger partial charge in [-0.2, -0.15) is 0 Å². The first-order chi connectivity index (χ1) is 11.3. The van der Waals surface area contributed by atoms with E-state index in [0.717, 1.165) is 41.0 Å². The molecule has 0 aliphatic heterocycles. The van der Waals surface area contributed by atoms with Crippen LogP contribution < -0.4 is 10.1 Å². The van der Waals surface area contributed by atoms with Gasteiger partial charge in [0.1, 0.15) is 5.75 Å². The molecule has 1 heterocycles. The summed E-state index contributed by atoms with van der Waals surface area (Å²) in [6.07, 6.45) is 2.63. The molecule has 2 aromatic carbocycles. The molecule has 116 valence electrons. The molecule has 3 aromatic rings. The van der Waals surface area contributed by atoms with E-state index in [9.17, 15) is 0 Å². The molecule has 0 aliphatic carbocycles. The Labute approximate surface area is 136 Å². The van der Waals surface area contributed by atoms with E-state index in [1.54, 1.807) is 7.11 Å². The molecular weight excluding hydrogens is 284 g/mol. The van der Waals surface area contributed by atoms with Gasteiger partial charge in [-0.05, 0) is 29.8 Å². The Bertz CT molecular complexity index is 812. The molecule has 0 radical (unpaired) electrons. The monoisotopic (exact) mass is 304 g/mol. The summed E-state index contributed by atoms with van der Waals surface area (Å²) in [5, 5.41) is 4.59. The summed E-state index contributed by atoms with van der Waals surface area (Å²) in [5.41, 5.74) is 4.27. The number of rotatable bonds is 6. The van der Waals surface area contributed by atoms with Gasteiger partial charge in [0, 0.05) is 29.7 Å². The van der Waals surface area contributed by atoms with Crippen molar-refractivity contribution in [3.05, 3.63) is 78.5 Å². The first kappa shape index (κ1) is 15.1. The van der Waals surface area contributed by atoms with Crippen molar-refractivity contribution in [1.82, 2.24) is 4.98 Å². The van der Waals surface area contributed by atoms with Crippen molar-refractivity contribution in [2.45, 2.75) is 13.0 Å². The molecule has 0 fully saturated rings. The molecule has 0 unspecified atom stereocenters. The van der Waals surface area contributed by atoms with Gasteiger partial charge < -0.3 is 10.1 Å². The molecule has 0 amide bonds. The number of hydrogen-bond donors (Lipinski definition) is 1. The normalized spacial score (nSPS) is 10.5. The van der Waals surface area contributed by atoms with Crippen LogP contribution in [0.3, 0.4) is 0 Å². The highest BCUT2D eigenvalue weighted by atomic mass is 16.5. The molecule has 0 spiro atoms. The van der Waals surface area contributed by atoms with Crippen LogP contribution in [0.2, 0.25) is 0 Å². The second kappa shape index (κ2) is 6.97. The Kier molecular flexibility index (Phi) is 4.57. The highest BCUT2D eigenvalue weighted by molar-refractivity contribution is 5.92. The summed E-state index contributed by atoms with van der Waals surface area (Å²) >= 11 is 0. The highest BCUT2D eigenvalue weighted by Gasteiger charge is 2.07. The molecule has 23 heavy (non-hydrogen) atoms. The van der Waals surface area contributed by atoms with Gasteiger partial charge in [-0.25, -0.2) is 0 Å². The molecule has 3 rings (SSSR count). The van der Waals surface area contributed by atoms with Gasteiger partial charge in [-0.3, -0.25) is 4.98 Å². The lowest BCUT2D eigenvalue weighted by atomic mass is 10.1. The molecule has 0 saturated carbocycles. The predicted molar refractivity (Wildman–Crippen MR) is 96.0 cm³/mol. The minimum atomic E-state index is 0.752. The third-order valence-electron chi connectivity index (χ3n) is 3.75. The lowest BCUT2D eigenvalue weighted by Crippen LogP contribution is -2.02. The van der Waals surface area contributed by atoms with Crippen LogP contribution >= 0.6 is 0 Å². The predicted octanol–water partition coefficient (Wildman–Crippen LogP) is 4.58. The van der Waals surface area contributed by atoms with Crippen molar-refractivity contribution < 1.29 is 4.74 Å². The van der Waals surface area contributed by atoms with Crippen LogP contribution in [0, 0.1) is 0 Å². The summed E-state index contributed by atoms with van der Waals surface area (Å²) in [6.45, 7) is 4.57. The Morgan fingerprint density at radius 1 is 1.13 bits per heavy atom. The summed E-state index contributed by atoms with van der Waals surface area (Å²) in [6, 6.07) is 18.4. The summed E-state index contributed by atoms with van der Waals surface area (Å²) in [5.74, 6) is 0.832. The SMILES string of the molecule is C=CCc1cc(NCc2ccccc2)c2cc(OC)ccc2n1. The van der Waals surface area contributed by atoms with Crippen LogP contribution in [-0.2, 0) is 13.0 Å². The van der Waals surface area contributed by atoms with Crippen molar-refractivity contribution in [3.63, 3.8) is 0 Å². The number of fused-ring (bicyclic) bond motifs is 1. The van der Waals surface area contributed by atoms with Gasteiger partial charge in [0.25, 0.3) is 0 Å². The third-order valence-corrected chi connectivity index (χ3v) is 3.75. The minimum Gasteiger partial charge on any atom is -0.497 e. The molecule has 0 aliphatic rings. The number of methoxy groups -OCH3 is 1. The maximum Gasteiger partial charge on any atom is 0.119 e. The van der Waals surface area contributed by atoms with Gasteiger partial charge in [0.15, 0.2) is 0 Å². The standard InChI is InChI=1S/C20H20N2O/c1-3-7-16-12-20(21-14-15-8-5-4-6-9-15)18-13-17(23-2)10-11-19(18)22-16/h3-6,8-13H,1,7,14H2,2H3,(H,21,22). The quantitative estimate of drug-likeness (QED) is 0.677. The summed E-state index contributed by atoms with van der Waals surface area (Å²) in [4.78, 5) is 4.69. The van der Waals surface area contributed by atoms with Crippen LogP contribution in [0.5, 0.6) is 5.75 Å². The van der Waals surface area contributed by atoms with E-state index in [-0.39, 0.29) is 0 Å². The van der Waals surface area contributed by atoms with Crippen molar-refractivity contribution in [3.8, 4) is 5.75 Å². The number of nitrogens with one attached hydrogen (secondary N) is 1. The first-order valence-corrected chi connectivity index (χ1v) is 7.66. The first-order valence-electron chi connectivity index (χ1n) is 7.66. The molecule has 0 saturated heterocycles. The highest BCUT2D eigenvalue weighted by Crippen LogP contribution is 2.28. The van der Waals surface area contributed by atoms with Crippen molar-refractivity contribution in [1.29, 1.82) is 0 Å². The van der Waals surface area contributed by atoms with Gasteiger partial charge in [-0.1, -0.05) is 36.4 Å². The zero-order valence-corrected chi connectivity index (χ0v) is 13.3. The number of hydrogen-bond acceptors (Lipinski definition) is 3. The molecule has 0 atom stereocenters. The van der Waals surface area contributed by atoms with Crippen LogP contribution in [0.15, 0.2) is 67.3 Å². The minimum absolute atomic E-state index is 0.752. The topological polar surface area (TPSA) is 34.1 Å². The molecule has 1 aromatic heterocycles. The van der Waals surface area contributed by atoms with E-state index in [1.165, 1.54) is 5.56 Å². The molecule has 0 bridgehead atoms. The Hall–Kier alpha value is -2.81. The number of pyridine rings is 1. The molecule has 3 heteroatoms. The van der Waals surface area contributed by atoms with Crippen LogP contribution in [0.4, 0.5) is 5.69 Å². The van der Waals surface area contributed by atoms with E-state index in [4.69, 9.17) is 4.74 Å². The van der Waals surface area contributed by atoms with E-state index in [0.29, 0.717) is 0 Å². The third kappa shape index (κ3) is 3.51. The fourth-order valence-corrected chi connectivity index (χ4v) is 2.58. The van der Waals surface area contributed by atoms with E-state index >= 15 is 0 Å². The largest absolute Gasteiger partial charge is 0.497 e. The van der Waals surface area contributed by atoms with Crippen LogP contribution in [0.1, 0.15) is 11.3 Å². The molecular formula is C20H20N2O. The molecule has 1 N–H and O–H groups in total. The zero-order valence-electron chi connectivity index (χ0n) is 13.3. The fraction of sp³-hybridized carbons (Fsp3) is 0.150. The van der Waals surface area contributed by atoms with Crippen molar-refractivity contribution >= 4 is 16.6 Å². The number of anilines is 1. The van der Waals surface area contributed by atoms with Crippen LogP contribution in [0.25, 0.3) is 10.9 Å². The Morgan fingerprint density at radius 3 is 2.70 bits per heavy atom. The number of allylic oxidation sites excluding steroid dienone is 1. The summed E-state index contributed by atoms with van der Waals surface area (Å²) in [7, 11) is 1.68. The van der Waals surface area contributed by atoms with Gasteiger partial charge in [0.2, 0.25) is 0 Å². The average Bonchev–Trinajstić information content (AvgIpc) is 2.60. The fourth-order valence-electron chi connectivity index (χ4n) is 2.58. The van der Waals surface area contributed by atoms with Gasteiger partial charge in [0.05, 0.1) is 12.6 Å². The smallest absolute Gasteiger partial charge is 0.119 e. The number of aromatic nitrogens is 1. The van der Waals surface area contributed by atoms with E-state index in [2.05, 4.69) is 35.1 Å². The number of benzene rings is 2. The van der Waals surface area contributed by atoms with E-state index in [1.807, 2.05) is 42.5 Å². The maximum atomic E-state index is 5.35. The lowest BCUT2D eigenvalue weighted by Gasteiger charge is -2.12. The van der Waals surface area contributed by atoms with E-state index < -0.39 is 0 Å². The second-order valence-corrected chi connectivity index (χ2v) is 5.38. The van der Waals surface area contributed by atoms with Crippen molar-refractivity contribution in [2.75, 3.05) is 12.4 Å². The van der Waals surface area contributed by atoms with Crippen LogP contribution in [-0.4, -0.2) is 12.1 Å². The number of ether oxygens (including phenoxy) is 1. The van der Waals surface area contributed by atoms with Crippen molar-refractivity contribution in [2.24, 2.45) is 0 Å². The van der Waals surface area contributed by atoms with Gasteiger partial charge >= 0.3 is 0 Å². The lowest BCUT2D eigenvalue weighted by molar-refractivity contribution is 0.415. The second-order valence-electron chi connectivity index (χ2n) is 5.38. The van der Waals surface area contributed by atoms with Gasteiger partial charge in [-0.15, -0.1) is 6.58 Å². The molecule has 3 nitrogen and oxygen atoms in total. The summed E-state index contributed by atoms with van der Waals surface area (Å²) < 4.78 is 5.35.